The fourth-order valence-corrected chi connectivity index (χ4v) is 2.73. The molecule has 0 aliphatic carbocycles. The van der Waals surface area contributed by atoms with Gasteiger partial charge in [0.15, 0.2) is 0 Å². The van der Waals surface area contributed by atoms with Crippen LogP contribution in [0.2, 0.25) is 0 Å². The lowest BCUT2D eigenvalue weighted by molar-refractivity contribution is 0.458. The van der Waals surface area contributed by atoms with E-state index in [0.29, 0.717) is 22.7 Å². The molecule has 0 saturated carbocycles. The highest BCUT2D eigenvalue weighted by Crippen LogP contribution is 2.36. The third-order valence-corrected chi connectivity index (χ3v) is 3.87. The normalized spacial score (nSPS) is 12.2. The fourth-order valence-electron chi connectivity index (χ4n) is 2.73. The van der Waals surface area contributed by atoms with Crippen LogP contribution in [-0.2, 0) is 0 Å². The van der Waals surface area contributed by atoms with Gasteiger partial charge in [-0.05, 0) is 30.3 Å². The Hall–Kier alpha value is -3.34. The van der Waals surface area contributed by atoms with E-state index >= 15 is 0 Å². The summed E-state index contributed by atoms with van der Waals surface area (Å²) in [5.74, 6) is 1.52. The van der Waals surface area contributed by atoms with Gasteiger partial charge in [-0.2, -0.15) is 0 Å². The summed E-state index contributed by atoms with van der Waals surface area (Å²) in [6.07, 6.45) is 4.99. The number of rotatable bonds is 4. The van der Waals surface area contributed by atoms with Gasteiger partial charge in [-0.25, -0.2) is 4.98 Å². The number of hydrogen-bond acceptors (Lipinski definition) is 5. The average Bonchev–Trinajstić information content (AvgIpc) is 3.16. The summed E-state index contributed by atoms with van der Waals surface area (Å²) in [5, 5.41) is 14.9. The van der Waals surface area contributed by atoms with Gasteiger partial charge >= 0.3 is 0 Å². The number of phenols is 1. The second-order valence-corrected chi connectivity index (χ2v) is 5.39. The van der Waals surface area contributed by atoms with Crippen LogP contribution in [0.4, 0.5) is 5.82 Å². The lowest BCUT2D eigenvalue weighted by atomic mass is 10.0. The maximum absolute atomic E-state index is 10.7. The Morgan fingerprint density at radius 3 is 2.62 bits per heavy atom. The van der Waals surface area contributed by atoms with E-state index in [2.05, 4.69) is 15.3 Å². The molecule has 4 aromatic rings. The number of phenolic OH excluding ortho intramolecular Hbond substituents is 1. The second kappa shape index (κ2) is 6.04. The molecular weight excluding hydrogens is 302 g/mol. The van der Waals surface area contributed by atoms with Gasteiger partial charge in [0.2, 0.25) is 0 Å². The minimum absolute atomic E-state index is 0.137. The van der Waals surface area contributed by atoms with Gasteiger partial charge in [-0.3, -0.25) is 4.98 Å². The van der Waals surface area contributed by atoms with Crippen molar-refractivity contribution in [3.63, 3.8) is 0 Å². The molecule has 5 nitrogen and oxygen atoms in total. The summed E-state index contributed by atoms with van der Waals surface area (Å²) in [6, 6.07) is 16.5. The Labute approximate surface area is 138 Å². The third-order valence-electron chi connectivity index (χ3n) is 3.87. The number of hydrogen-bond donors (Lipinski definition) is 2. The number of nitrogens with one attached hydrogen (secondary N) is 1. The molecule has 3 heterocycles. The highest BCUT2D eigenvalue weighted by molar-refractivity contribution is 5.85. The van der Waals surface area contributed by atoms with E-state index in [0.717, 1.165) is 5.39 Å². The molecule has 2 N–H and O–H groups in total. The summed E-state index contributed by atoms with van der Waals surface area (Å²) < 4.78 is 5.57. The van der Waals surface area contributed by atoms with Crippen molar-refractivity contribution in [1.29, 1.82) is 0 Å². The quantitative estimate of drug-likeness (QED) is 0.592. The molecule has 24 heavy (non-hydrogen) atoms. The second-order valence-electron chi connectivity index (χ2n) is 5.39. The topological polar surface area (TPSA) is 71.2 Å². The van der Waals surface area contributed by atoms with E-state index in [1.165, 1.54) is 0 Å². The molecule has 0 aliphatic heterocycles. The van der Waals surface area contributed by atoms with E-state index < -0.39 is 0 Å². The number of aromatic hydroxyl groups is 1. The number of anilines is 1. The molecule has 0 bridgehead atoms. The smallest absolute Gasteiger partial charge is 0.147 e. The molecule has 3 aromatic heterocycles. The maximum Gasteiger partial charge on any atom is 0.147 e. The van der Waals surface area contributed by atoms with Crippen molar-refractivity contribution < 1.29 is 9.52 Å². The van der Waals surface area contributed by atoms with Crippen molar-refractivity contribution in [2.24, 2.45) is 0 Å². The first-order chi connectivity index (χ1) is 11.8. The number of nitrogens with zero attached hydrogens (tertiary/aromatic N) is 2. The minimum Gasteiger partial charge on any atom is -0.505 e. The molecule has 0 amide bonds. The predicted octanol–water partition coefficient (Wildman–Crippen LogP) is 4.13. The first kappa shape index (κ1) is 14.3. The molecule has 0 unspecified atom stereocenters. The number of furan rings is 1. The van der Waals surface area contributed by atoms with E-state index in [4.69, 9.17) is 4.42 Å². The van der Waals surface area contributed by atoms with Crippen LogP contribution in [0.15, 0.2) is 77.7 Å². The molecule has 4 rings (SSSR count). The van der Waals surface area contributed by atoms with Gasteiger partial charge in [-0.15, -0.1) is 0 Å². The molecule has 0 spiro atoms. The first-order valence-electron chi connectivity index (χ1n) is 7.60. The number of fused-ring (bicyclic) bond motifs is 1. The Morgan fingerprint density at radius 1 is 0.917 bits per heavy atom. The molecule has 5 heteroatoms. The molecule has 0 aliphatic rings. The maximum atomic E-state index is 10.7. The van der Waals surface area contributed by atoms with Crippen LogP contribution < -0.4 is 5.32 Å². The Bertz CT molecular complexity index is 953. The Balaban J connectivity index is 1.83. The molecule has 0 radical (unpaired) electrons. The van der Waals surface area contributed by atoms with Gasteiger partial charge in [0, 0.05) is 23.3 Å². The van der Waals surface area contributed by atoms with Gasteiger partial charge in [0.1, 0.15) is 28.9 Å². The van der Waals surface area contributed by atoms with Crippen LogP contribution in [0.25, 0.3) is 10.9 Å². The van der Waals surface area contributed by atoms with Crippen LogP contribution >= 0.6 is 0 Å². The van der Waals surface area contributed by atoms with Gasteiger partial charge < -0.3 is 14.8 Å². The van der Waals surface area contributed by atoms with E-state index in [1.807, 2.05) is 54.6 Å². The van der Waals surface area contributed by atoms with E-state index in [1.54, 1.807) is 18.7 Å². The van der Waals surface area contributed by atoms with Crippen LogP contribution in [0.3, 0.4) is 0 Å². The highest BCUT2D eigenvalue weighted by atomic mass is 16.3. The predicted molar refractivity (Wildman–Crippen MR) is 91.8 cm³/mol. The van der Waals surface area contributed by atoms with Crippen molar-refractivity contribution in [2.75, 3.05) is 5.32 Å². The SMILES string of the molecule is Oc1c([C@@H](Nc2ccccn2)c2ccco2)ccc2cccnc12. The summed E-state index contributed by atoms with van der Waals surface area (Å²) in [4.78, 5) is 8.58. The van der Waals surface area contributed by atoms with Crippen molar-refractivity contribution in [1.82, 2.24) is 9.97 Å². The largest absolute Gasteiger partial charge is 0.505 e. The molecular formula is C19H15N3O2. The average molecular weight is 317 g/mol. The lowest BCUT2D eigenvalue weighted by Crippen LogP contribution is -2.13. The van der Waals surface area contributed by atoms with Crippen LogP contribution in [0.5, 0.6) is 5.75 Å². The van der Waals surface area contributed by atoms with Gasteiger partial charge in [0.05, 0.1) is 6.26 Å². The van der Waals surface area contributed by atoms with Crippen LogP contribution in [0.1, 0.15) is 17.4 Å². The monoisotopic (exact) mass is 317 g/mol. The highest BCUT2D eigenvalue weighted by Gasteiger charge is 2.22. The van der Waals surface area contributed by atoms with Crippen molar-refractivity contribution in [3.8, 4) is 5.75 Å². The zero-order valence-corrected chi connectivity index (χ0v) is 12.8. The molecule has 118 valence electrons. The number of benzene rings is 1. The van der Waals surface area contributed by atoms with E-state index in [-0.39, 0.29) is 11.8 Å². The standard InChI is InChI=1S/C19H15N3O2/c23-19-14(9-8-13-5-3-11-21-17(13)19)18(15-6-4-12-24-15)22-16-7-1-2-10-20-16/h1-12,18,23H,(H,20,22)/t18-/m1/s1. The Kier molecular flexibility index (Phi) is 3.59. The van der Waals surface area contributed by atoms with Gasteiger partial charge in [-0.1, -0.05) is 24.3 Å². The number of aromatic nitrogens is 2. The lowest BCUT2D eigenvalue weighted by Gasteiger charge is -2.19. The molecule has 0 fully saturated rings. The minimum atomic E-state index is -0.374. The van der Waals surface area contributed by atoms with Crippen molar-refractivity contribution in [3.05, 3.63) is 84.6 Å². The first-order valence-corrected chi connectivity index (χ1v) is 7.60. The van der Waals surface area contributed by atoms with Gasteiger partial charge in [0.25, 0.3) is 0 Å². The van der Waals surface area contributed by atoms with Crippen molar-refractivity contribution in [2.45, 2.75) is 6.04 Å². The summed E-state index contributed by atoms with van der Waals surface area (Å²) in [6.45, 7) is 0. The molecule has 1 atom stereocenters. The molecule has 1 aromatic carbocycles. The molecule has 0 saturated heterocycles. The van der Waals surface area contributed by atoms with E-state index in [9.17, 15) is 5.11 Å². The summed E-state index contributed by atoms with van der Waals surface area (Å²) in [5.41, 5.74) is 1.25. The zero-order valence-electron chi connectivity index (χ0n) is 12.8. The zero-order chi connectivity index (χ0) is 16.4. The van der Waals surface area contributed by atoms with Crippen molar-refractivity contribution >= 4 is 16.7 Å². The Morgan fingerprint density at radius 2 is 1.83 bits per heavy atom. The van der Waals surface area contributed by atoms with Crippen LogP contribution in [0, 0.1) is 0 Å². The summed E-state index contributed by atoms with van der Waals surface area (Å²) in [7, 11) is 0. The summed E-state index contributed by atoms with van der Waals surface area (Å²) >= 11 is 0. The number of pyridine rings is 2. The van der Waals surface area contributed by atoms with Crippen LogP contribution in [-0.4, -0.2) is 15.1 Å². The third kappa shape index (κ3) is 2.56. The fraction of sp³-hybridized carbons (Fsp3) is 0.0526.